The van der Waals surface area contributed by atoms with E-state index in [1.54, 1.807) is 19.9 Å². The lowest BCUT2D eigenvalue weighted by atomic mass is 10.0. The van der Waals surface area contributed by atoms with E-state index in [1.165, 1.54) is 0 Å². The molecule has 33 heavy (non-hydrogen) atoms. The first-order valence-corrected chi connectivity index (χ1v) is 11.1. The summed E-state index contributed by atoms with van der Waals surface area (Å²) < 4.78 is 18.2. The lowest BCUT2D eigenvalue weighted by Crippen LogP contribution is -2.14. The first-order valence-electron chi connectivity index (χ1n) is 10.7. The Hall–Kier alpha value is -3.51. The minimum Gasteiger partial charge on any atom is -0.481 e. The molecule has 0 radical (unpaired) electrons. The van der Waals surface area contributed by atoms with Crippen LogP contribution in [0.15, 0.2) is 54.6 Å². The summed E-state index contributed by atoms with van der Waals surface area (Å²) >= 11 is 6.56. The lowest BCUT2D eigenvalue weighted by molar-refractivity contribution is -0.145. The van der Waals surface area contributed by atoms with Gasteiger partial charge in [-0.2, -0.15) is 0 Å². The average Bonchev–Trinajstić information content (AvgIpc) is 3.10. The predicted molar refractivity (Wildman–Crippen MR) is 129 cm³/mol. The van der Waals surface area contributed by atoms with Gasteiger partial charge in [-0.05, 0) is 39.0 Å². The second-order valence-electron chi connectivity index (χ2n) is 7.38. The Balaban J connectivity index is 2.05. The number of rotatable bonds is 7. The smallest absolute Gasteiger partial charge is 0.344 e. The third kappa shape index (κ3) is 4.14. The molecule has 3 aromatic carbocycles. The van der Waals surface area contributed by atoms with Crippen LogP contribution in [-0.2, 0) is 14.3 Å². The van der Waals surface area contributed by atoms with Crippen molar-refractivity contribution in [3.63, 3.8) is 0 Å². The molecule has 0 spiro atoms. The maximum atomic E-state index is 13.0. The SMILES string of the molecule is CCOC(=O)COc1cc2c(C(=O)OCC)c(C)n(-c3ccccc3Cl)c2c2ccccc12. The van der Waals surface area contributed by atoms with Gasteiger partial charge in [-0.3, -0.25) is 0 Å². The zero-order chi connectivity index (χ0) is 23.5. The van der Waals surface area contributed by atoms with Crippen molar-refractivity contribution in [2.45, 2.75) is 20.8 Å². The van der Waals surface area contributed by atoms with Crippen molar-refractivity contribution < 1.29 is 23.8 Å². The molecule has 0 aliphatic rings. The number of hydrogen-bond donors (Lipinski definition) is 0. The molecular formula is C26H24ClNO5. The largest absolute Gasteiger partial charge is 0.481 e. The summed E-state index contributed by atoms with van der Waals surface area (Å²) in [5.74, 6) is -0.414. The number of ether oxygens (including phenoxy) is 3. The van der Waals surface area contributed by atoms with E-state index >= 15 is 0 Å². The van der Waals surface area contributed by atoms with E-state index in [4.69, 9.17) is 25.8 Å². The number of para-hydroxylation sites is 1. The van der Waals surface area contributed by atoms with Gasteiger partial charge < -0.3 is 18.8 Å². The van der Waals surface area contributed by atoms with Crippen LogP contribution in [0.4, 0.5) is 0 Å². The summed E-state index contributed by atoms with van der Waals surface area (Å²) in [6.07, 6.45) is 0. The normalized spacial score (nSPS) is 11.0. The minimum absolute atomic E-state index is 0.234. The van der Waals surface area contributed by atoms with Crippen LogP contribution in [0.2, 0.25) is 5.02 Å². The minimum atomic E-state index is -0.461. The zero-order valence-electron chi connectivity index (χ0n) is 18.7. The average molecular weight is 466 g/mol. The molecule has 0 bridgehead atoms. The van der Waals surface area contributed by atoms with Crippen molar-refractivity contribution in [3.05, 3.63) is 70.9 Å². The summed E-state index contributed by atoms with van der Waals surface area (Å²) in [4.78, 5) is 24.9. The number of carbonyl (C=O) groups is 2. The molecule has 0 N–H and O–H groups in total. The van der Waals surface area contributed by atoms with Crippen LogP contribution in [0.3, 0.4) is 0 Å². The first-order chi connectivity index (χ1) is 16.0. The van der Waals surface area contributed by atoms with Crippen LogP contribution >= 0.6 is 11.6 Å². The van der Waals surface area contributed by atoms with Gasteiger partial charge in [0.1, 0.15) is 5.75 Å². The van der Waals surface area contributed by atoms with Crippen LogP contribution in [0.1, 0.15) is 29.9 Å². The summed E-state index contributed by atoms with van der Waals surface area (Å²) in [7, 11) is 0. The molecule has 6 nitrogen and oxygen atoms in total. The Kier molecular flexibility index (Phi) is 6.56. The van der Waals surface area contributed by atoms with Crippen molar-refractivity contribution in [1.29, 1.82) is 0 Å². The number of carbonyl (C=O) groups excluding carboxylic acids is 2. The molecule has 1 heterocycles. The monoisotopic (exact) mass is 465 g/mol. The molecule has 0 atom stereocenters. The van der Waals surface area contributed by atoms with Gasteiger partial charge in [0.25, 0.3) is 0 Å². The molecule has 7 heteroatoms. The van der Waals surface area contributed by atoms with E-state index < -0.39 is 11.9 Å². The third-order valence-electron chi connectivity index (χ3n) is 5.39. The van der Waals surface area contributed by atoms with Crippen molar-refractivity contribution in [2.75, 3.05) is 19.8 Å². The molecule has 0 saturated heterocycles. The van der Waals surface area contributed by atoms with Crippen LogP contribution in [0.25, 0.3) is 27.4 Å². The summed E-state index contributed by atoms with van der Waals surface area (Å²) in [5.41, 5.74) is 2.69. The standard InChI is InChI=1S/C26H24ClNO5/c1-4-31-23(29)15-33-22-14-19-24(26(30)32-5-2)16(3)28(21-13-9-8-12-20(21)27)25(19)18-11-7-6-10-17(18)22/h6-14H,4-5,15H2,1-3H3. The highest BCUT2D eigenvalue weighted by atomic mass is 35.5. The molecule has 4 aromatic rings. The van der Waals surface area contributed by atoms with E-state index in [0.717, 1.165) is 22.0 Å². The quantitative estimate of drug-likeness (QED) is 0.319. The maximum Gasteiger partial charge on any atom is 0.344 e. The third-order valence-corrected chi connectivity index (χ3v) is 5.71. The molecule has 0 saturated carbocycles. The zero-order valence-corrected chi connectivity index (χ0v) is 19.4. The summed E-state index contributed by atoms with van der Waals surface area (Å²) in [5, 5.41) is 2.87. The Morgan fingerprint density at radius 3 is 2.27 bits per heavy atom. The van der Waals surface area contributed by atoms with Crippen LogP contribution in [0.5, 0.6) is 5.75 Å². The summed E-state index contributed by atoms with van der Waals surface area (Å²) in [6.45, 7) is 5.66. The van der Waals surface area contributed by atoms with Gasteiger partial charge in [-0.25, -0.2) is 9.59 Å². The van der Waals surface area contributed by atoms with E-state index in [1.807, 2.05) is 60.0 Å². The van der Waals surface area contributed by atoms with E-state index in [2.05, 4.69) is 0 Å². The van der Waals surface area contributed by atoms with Gasteiger partial charge in [0.15, 0.2) is 6.61 Å². The Bertz CT molecular complexity index is 1360. The fourth-order valence-corrected chi connectivity index (χ4v) is 4.31. The van der Waals surface area contributed by atoms with Gasteiger partial charge >= 0.3 is 11.9 Å². The van der Waals surface area contributed by atoms with E-state index in [0.29, 0.717) is 27.4 Å². The van der Waals surface area contributed by atoms with Crippen LogP contribution in [0, 0.1) is 6.92 Å². The van der Waals surface area contributed by atoms with E-state index in [-0.39, 0.29) is 19.8 Å². The topological polar surface area (TPSA) is 66.8 Å². The fraction of sp³-hybridized carbons (Fsp3) is 0.231. The van der Waals surface area contributed by atoms with Gasteiger partial charge in [0.05, 0.1) is 35.0 Å². The Morgan fingerprint density at radius 1 is 0.909 bits per heavy atom. The van der Waals surface area contributed by atoms with Crippen molar-refractivity contribution in [3.8, 4) is 11.4 Å². The number of aromatic nitrogens is 1. The number of esters is 2. The number of hydrogen-bond acceptors (Lipinski definition) is 5. The number of fused-ring (bicyclic) bond motifs is 3. The van der Waals surface area contributed by atoms with Gasteiger partial charge in [0, 0.05) is 21.9 Å². The molecule has 0 fully saturated rings. The van der Waals surface area contributed by atoms with Gasteiger partial charge in [0.2, 0.25) is 0 Å². The lowest BCUT2D eigenvalue weighted by Gasteiger charge is -2.14. The second-order valence-corrected chi connectivity index (χ2v) is 7.79. The molecule has 4 rings (SSSR count). The number of halogens is 1. The predicted octanol–water partition coefficient (Wildman–Crippen LogP) is 5.86. The van der Waals surface area contributed by atoms with Crippen molar-refractivity contribution in [2.24, 2.45) is 0 Å². The Labute approximate surface area is 196 Å². The van der Waals surface area contributed by atoms with Crippen molar-refractivity contribution >= 4 is 45.2 Å². The van der Waals surface area contributed by atoms with Crippen LogP contribution in [-0.4, -0.2) is 36.3 Å². The van der Waals surface area contributed by atoms with Gasteiger partial charge in [-0.15, -0.1) is 0 Å². The number of benzene rings is 3. The maximum absolute atomic E-state index is 13.0. The molecule has 0 aliphatic heterocycles. The van der Waals surface area contributed by atoms with Crippen LogP contribution < -0.4 is 4.74 Å². The van der Waals surface area contributed by atoms with Crippen molar-refractivity contribution in [1.82, 2.24) is 4.57 Å². The summed E-state index contributed by atoms with van der Waals surface area (Å²) in [6, 6.07) is 16.9. The van der Waals surface area contributed by atoms with E-state index in [9.17, 15) is 9.59 Å². The molecule has 0 amide bonds. The number of nitrogens with zero attached hydrogens (tertiary/aromatic N) is 1. The highest BCUT2D eigenvalue weighted by molar-refractivity contribution is 6.32. The second kappa shape index (κ2) is 9.55. The highest BCUT2D eigenvalue weighted by Crippen LogP contribution is 2.40. The molecular weight excluding hydrogens is 442 g/mol. The molecule has 0 aliphatic carbocycles. The Morgan fingerprint density at radius 2 is 1.58 bits per heavy atom. The molecule has 0 unspecified atom stereocenters. The molecule has 170 valence electrons. The van der Waals surface area contributed by atoms with Gasteiger partial charge in [-0.1, -0.05) is 48.0 Å². The first kappa shape index (κ1) is 22.7. The fourth-order valence-electron chi connectivity index (χ4n) is 4.09. The highest BCUT2D eigenvalue weighted by Gasteiger charge is 2.25. The molecule has 1 aromatic heterocycles.